The molecule has 0 aliphatic heterocycles. The van der Waals surface area contributed by atoms with E-state index in [1.54, 1.807) is 41.2 Å². The molecule has 0 aliphatic carbocycles. The van der Waals surface area contributed by atoms with Gasteiger partial charge in [0.2, 0.25) is 12.3 Å². The lowest BCUT2D eigenvalue weighted by Gasteiger charge is -2.46. The smallest absolute Gasteiger partial charge is 0.416 e. The average molecular weight is 1120 g/mol. The molecule has 76 heavy (non-hydrogen) atoms. The standard InChI is InChI=1S/C32H12BF24.C15H14NO3/c34-25(35,36)13-1-14(26(37,38)39)6-21(5-13)33(22-7-15(27(40,41)42)2-16(8-22)28(43,44)45,23-9-17(29(46,47)48)3-18(10-23)30(49,50)51)24-11-19(31(52,53)54)4-20(12-24)32(55,56)57;1-19-15(18)13-8-4-3-7-12(13)14(17)11-16-9-5-2-6-10-16/h1-12H;2-10H,11H2,1H3/q-1;+1. The number of pyridine rings is 1. The summed E-state index contributed by atoms with van der Waals surface area (Å²) in [4.78, 5) is 23.8. The second kappa shape index (κ2) is 20.7. The lowest BCUT2D eigenvalue weighted by Crippen LogP contribution is -2.75. The molecule has 0 N–H and O–H groups in total. The maximum absolute atomic E-state index is 14.2. The summed E-state index contributed by atoms with van der Waals surface area (Å²) in [6.07, 6.45) is -51.2. The summed E-state index contributed by atoms with van der Waals surface area (Å²) in [5, 5.41) is 0. The number of nitrogens with zero attached hydrogens (tertiary/aromatic N) is 1. The van der Waals surface area contributed by atoms with Crippen LogP contribution >= 0.6 is 0 Å². The van der Waals surface area contributed by atoms with Gasteiger partial charge in [0.1, 0.15) is 6.15 Å². The predicted octanol–water partition coefficient (Wildman–Crippen LogP) is 12.9. The molecule has 1 heterocycles. The Morgan fingerprint density at radius 1 is 0.368 bits per heavy atom. The van der Waals surface area contributed by atoms with E-state index >= 15 is 0 Å². The van der Waals surface area contributed by atoms with Crippen LogP contribution in [0.5, 0.6) is 0 Å². The average Bonchev–Trinajstić information content (AvgIpc) is 3.29. The topological polar surface area (TPSA) is 47.3 Å². The van der Waals surface area contributed by atoms with Crippen molar-refractivity contribution in [2.75, 3.05) is 7.11 Å². The molecule has 6 aromatic rings. The molecule has 408 valence electrons. The van der Waals surface area contributed by atoms with Gasteiger partial charge in [0, 0.05) is 17.7 Å². The summed E-state index contributed by atoms with van der Waals surface area (Å²) >= 11 is 0. The normalized spacial score (nSPS) is 13.2. The molecular weight excluding hydrogens is 1090 g/mol. The van der Waals surface area contributed by atoms with Crippen molar-refractivity contribution >= 4 is 39.7 Å². The van der Waals surface area contributed by atoms with Crippen LogP contribution in [0.4, 0.5) is 105 Å². The van der Waals surface area contributed by atoms with Crippen molar-refractivity contribution in [3.05, 3.63) is 183 Å². The number of benzene rings is 5. The van der Waals surface area contributed by atoms with Gasteiger partial charge >= 0.3 is 55.4 Å². The van der Waals surface area contributed by atoms with E-state index in [4.69, 9.17) is 0 Å². The number of halogens is 24. The number of alkyl halides is 24. The first-order chi connectivity index (χ1) is 34.5. The first-order valence-corrected chi connectivity index (χ1v) is 20.5. The quantitative estimate of drug-likeness (QED) is 0.0502. The molecule has 29 heteroatoms. The van der Waals surface area contributed by atoms with E-state index < -0.39 is 201 Å². The number of Topliss-reactive ketones (excluding diaryl/α,β-unsaturated/α-hetero) is 1. The number of hydrogen-bond donors (Lipinski definition) is 0. The zero-order chi connectivity index (χ0) is 57.6. The van der Waals surface area contributed by atoms with Crippen LogP contribution in [0, 0.1) is 0 Å². The van der Waals surface area contributed by atoms with Crippen LogP contribution in [0.1, 0.15) is 65.2 Å². The minimum atomic E-state index is -6.13. The van der Waals surface area contributed by atoms with Crippen LogP contribution in [0.3, 0.4) is 0 Å². The van der Waals surface area contributed by atoms with Gasteiger partial charge in [-0.2, -0.15) is 132 Å². The summed E-state index contributed by atoms with van der Waals surface area (Å²) < 4.78 is 347. The van der Waals surface area contributed by atoms with Gasteiger partial charge < -0.3 is 4.74 Å². The zero-order valence-electron chi connectivity index (χ0n) is 37.2. The van der Waals surface area contributed by atoms with Gasteiger partial charge in [0.05, 0.1) is 57.2 Å². The van der Waals surface area contributed by atoms with E-state index in [-0.39, 0.29) is 12.3 Å². The highest BCUT2D eigenvalue weighted by Gasteiger charge is 2.47. The first-order valence-electron chi connectivity index (χ1n) is 20.5. The summed E-state index contributed by atoms with van der Waals surface area (Å²) in [6, 6.07) is 3.43. The molecule has 5 aromatic carbocycles. The van der Waals surface area contributed by atoms with Crippen LogP contribution in [0.15, 0.2) is 128 Å². The number of esters is 1. The van der Waals surface area contributed by atoms with Crippen LogP contribution in [-0.2, 0) is 60.7 Å². The molecule has 0 spiro atoms. The molecule has 1 aromatic heterocycles. The van der Waals surface area contributed by atoms with Crippen LogP contribution in [-0.4, -0.2) is 25.0 Å². The largest absolute Gasteiger partial charge is 0.465 e. The van der Waals surface area contributed by atoms with Crippen LogP contribution in [0.25, 0.3) is 0 Å². The van der Waals surface area contributed by atoms with Crippen molar-refractivity contribution in [2.45, 2.75) is 56.0 Å². The molecule has 0 atom stereocenters. The third-order valence-corrected chi connectivity index (χ3v) is 11.2. The number of methoxy groups -OCH3 is 1. The Morgan fingerprint density at radius 2 is 0.605 bits per heavy atom. The Balaban J connectivity index is 0.000000468. The second-order valence-corrected chi connectivity index (χ2v) is 16.2. The van der Waals surface area contributed by atoms with Crippen molar-refractivity contribution in [1.82, 2.24) is 0 Å². The molecule has 0 aliphatic rings. The Bertz CT molecular complexity index is 2650. The van der Waals surface area contributed by atoms with Gasteiger partial charge in [0.25, 0.3) is 0 Å². The Labute approximate surface area is 410 Å². The Hall–Kier alpha value is -7.23. The van der Waals surface area contributed by atoms with Gasteiger partial charge in [-0.25, -0.2) is 4.79 Å². The van der Waals surface area contributed by atoms with E-state index in [0.717, 1.165) is 0 Å². The Morgan fingerprint density at radius 3 is 0.829 bits per heavy atom. The predicted molar refractivity (Wildman–Crippen MR) is 219 cm³/mol. The summed E-state index contributed by atoms with van der Waals surface area (Å²) in [7, 11) is 1.30. The van der Waals surface area contributed by atoms with E-state index in [0.29, 0.717) is 11.1 Å². The van der Waals surface area contributed by atoms with Crippen molar-refractivity contribution < 1.29 is 124 Å². The fourth-order valence-electron chi connectivity index (χ4n) is 7.88. The molecular formula is C47H26BF24NO3. The van der Waals surface area contributed by atoms with Gasteiger partial charge in [-0.05, 0) is 30.3 Å². The van der Waals surface area contributed by atoms with E-state index in [2.05, 4.69) is 4.74 Å². The Kier molecular flexibility index (Phi) is 16.3. The van der Waals surface area contributed by atoms with Gasteiger partial charge in [-0.15, -0.1) is 0 Å². The maximum Gasteiger partial charge on any atom is 0.416 e. The zero-order valence-corrected chi connectivity index (χ0v) is 37.2. The fourth-order valence-corrected chi connectivity index (χ4v) is 7.88. The third kappa shape index (κ3) is 13.6. The van der Waals surface area contributed by atoms with Crippen molar-refractivity contribution in [3.63, 3.8) is 0 Å². The number of ether oxygens (including phenoxy) is 1. The minimum absolute atomic E-state index is 0.128. The van der Waals surface area contributed by atoms with Crippen molar-refractivity contribution in [2.24, 2.45) is 0 Å². The fraction of sp³-hybridized carbons (Fsp3) is 0.213. The molecule has 4 nitrogen and oxygen atoms in total. The van der Waals surface area contributed by atoms with Gasteiger partial charge in [-0.3, -0.25) is 4.79 Å². The van der Waals surface area contributed by atoms with E-state index in [1.165, 1.54) is 7.11 Å². The highest BCUT2D eigenvalue weighted by molar-refractivity contribution is 7.20. The minimum Gasteiger partial charge on any atom is -0.465 e. The van der Waals surface area contributed by atoms with Crippen molar-refractivity contribution in [3.8, 4) is 0 Å². The van der Waals surface area contributed by atoms with Crippen LogP contribution in [0.2, 0.25) is 0 Å². The number of carbonyl (C=O) groups is 2. The van der Waals surface area contributed by atoms with Crippen LogP contribution < -0.4 is 26.4 Å². The van der Waals surface area contributed by atoms with E-state index in [9.17, 15) is 115 Å². The summed E-state index contributed by atoms with van der Waals surface area (Å²) in [6.45, 7) is 0.189. The molecule has 0 amide bonds. The number of hydrogen-bond acceptors (Lipinski definition) is 3. The highest BCUT2D eigenvalue weighted by atomic mass is 19.4. The number of rotatable bonds is 8. The molecule has 0 bridgehead atoms. The van der Waals surface area contributed by atoms with E-state index in [1.807, 2.05) is 18.2 Å². The highest BCUT2D eigenvalue weighted by Crippen LogP contribution is 2.41. The molecule has 0 saturated heterocycles. The van der Waals surface area contributed by atoms with Gasteiger partial charge in [-0.1, -0.05) is 72.8 Å². The first kappa shape index (κ1) is 59.6. The molecule has 0 saturated carbocycles. The SMILES string of the molecule is COC(=O)c1ccccc1C(=O)C[n+]1ccccc1.FC(F)(F)c1cc([B-](c2cc(C(F)(F)F)cc(C(F)(F)F)c2)(c2cc(C(F)(F)F)cc(C(F)(F)F)c2)c2cc(C(F)(F)F)cc(C(F)(F)F)c2)cc(C(F)(F)F)c1. The maximum atomic E-state index is 14.2. The van der Waals surface area contributed by atoms with Crippen molar-refractivity contribution in [1.29, 1.82) is 0 Å². The van der Waals surface area contributed by atoms with Gasteiger partial charge in [0.15, 0.2) is 12.4 Å². The summed E-state index contributed by atoms with van der Waals surface area (Å²) in [5.74, 6) is -0.626. The molecule has 0 fully saturated rings. The number of carbonyl (C=O) groups excluding carboxylic acids is 2. The number of aromatic nitrogens is 1. The molecule has 6 rings (SSSR count). The molecule has 0 unspecified atom stereocenters. The lowest BCUT2D eigenvalue weighted by atomic mass is 9.12. The lowest BCUT2D eigenvalue weighted by molar-refractivity contribution is -0.683. The second-order valence-electron chi connectivity index (χ2n) is 16.2. The number of ketones is 1. The summed E-state index contributed by atoms with van der Waals surface area (Å²) in [5.41, 5.74) is -29.5. The third-order valence-electron chi connectivity index (χ3n) is 11.2. The monoisotopic (exact) mass is 1120 g/mol. The molecule has 0 radical (unpaired) electrons.